The van der Waals surface area contributed by atoms with Gasteiger partial charge in [0.1, 0.15) is 5.58 Å². The maximum absolute atomic E-state index is 7.02. The van der Waals surface area contributed by atoms with E-state index in [2.05, 4.69) is 241 Å². The maximum Gasteiger partial charge on any atom is 0.179 e. The van der Waals surface area contributed by atoms with Crippen molar-refractivity contribution in [1.29, 1.82) is 0 Å². The Morgan fingerprint density at radius 2 is 0.719 bits per heavy atom. The highest BCUT2D eigenvalue weighted by Crippen LogP contribution is 2.44. The van der Waals surface area contributed by atoms with Gasteiger partial charge in [-0.05, 0) is 67.8 Å². The van der Waals surface area contributed by atoms with Crippen LogP contribution in [0.25, 0.3) is 44.2 Å². The molecule has 57 heavy (non-hydrogen) atoms. The second-order valence-corrected chi connectivity index (χ2v) is 18.3. The lowest BCUT2D eigenvalue weighted by molar-refractivity contribution is 0.670. The SMILES string of the molecule is c1ccc(-c2ccc(-c3cccc4c3oc3c(N(c5ccccc5)c5ccc([Si](c6ccccc6)(c6ccccc6)c6ccccc6)cc5)cccc34)cc2)cc1. The Balaban J connectivity index is 1.13. The number of hydrogen-bond acceptors (Lipinski definition) is 2. The molecule has 0 amide bonds. The molecule has 0 N–H and O–H groups in total. The van der Waals surface area contributed by atoms with E-state index in [1.807, 2.05) is 0 Å². The highest BCUT2D eigenvalue weighted by Gasteiger charge is 2.41. The van der Waals surface area contributed by atoms with Gasteiger partial charge in [0, 0.05) is 27.7 Å². The fourth-order valence-electron chi connectivity index (χ4n) is 8.61. The Bertz CT molecular complexity index is 2810. The monoisotopic (exact) mass is 745 g/mol. The Labute approximate surface area is 334 Å². The summed E-state index contributed by atoms with van der Waals surface area (Å²) in [6.45, 7) is 0. The van der Waals surface area contributed by atoms with Crippen LogP contribution in [0.15, 0.2) is 241 Å². The third kappa shape index (κ3) is 6.06. The molecule has 9 aromatic carbocycles. The van der Waals surface area contributed by atoms with Crippen molar-refractivity contribution in [1.82, 2.24) is 0 Å². The topological polar surface area (TPSA) is 16.4 Å². The van der Waals surface area contributed by atoms with Crippen molar-refractivity contribution in [3.05, 3.63) is 237 Å². The summed E-state index contributed by atoms with van der Waals surface area (Å²) in [4.78, 5) is 2.33. The van der Waals surface area contributed by atoms with E-state index in [-0.39, 0.29) is 0 Å². The predicted octanol–water partition coefficient (Wildman–Crippen LogP) is 11.8. The van der Waals surface area contributed by atoms with Crippen molar-refractivity contribution in [3.8, 4) is 22.3 Å². The van der Waals surface area contributed by atoms with Crippen LogP contribution >= 0.6 is 0 Å². The summed E-state index contributed by atoms with van der Waals surface area (Å²) in [6, 6.07) is 85.5. The molecule has 0 bridgehead atoms. The normalized spacial score (nSPS) is 11.5. The van der Waals surface area contributed by atoms with Crippen molar-refractivity contribution in [3.63, 3.8) is 0 Å². The van der Waals surface area contributed by atoms with Gasteiger partial charge in [0.15, 0.2) is 13.7 Å². The van der Waals surface area contributed by atoms with Gasteiger partial charge in [0.05, 0.1) is 5.69 Å². The van der Waals surface area contributed by atoms with Crippen molar-refractivity contribution in [2.75, 3.05) is 4.90 Å². The summed E-state index contributed by atoms with van der Waals surface area (Å²) in [6.07, 6.45) is 0. The van der Waals surface area contributed by atoms with Crippen LogP contribution in [0.2, 0.25) is 0 Å². The molecule has 0 unspecified atom stereocenters. The van der Waals surface area contributed by atoms with E-state index < -0.39 is 8.07 Å². The molecule has 0 fully saturated rings. The van der Waals surface area contributed by atoms with E-state index in [0.29, 0.717) is 0 Å². The predicted molar refractivity (Wildman–Crippen MR) is 243 cm³/mol. The Kier molecular flexibility index (Phi) is 8.90. The molecule has 0 atom stereocenters. The third-order valence-corrected chi connectivity index (χ3v) is 16.0. The van der Waals surface area contributed by atoms with Gasteiger partial charge in [-0.3, -0.25) is 0 Å². The zero-order valence-electron chi connectivity index (χ0n) is 31.4. The maximum atomic E-state index is 7.02. The van der Waals surface area contributed by atoms with Crippen LogP contribution in [0.1, 0.15) is 0 Å². The molecule has 2 nitrogen and oxygen atoms in total. The fourth-order valence-corrected chi connectivity index (χ4v) is 13.4. The lowest BCUT2D eigenvalue weighted by atomic mass is 9.99. The molecule has 0 saturated heterocycles. The van der Waals surface area contributed by atoms with Gasteiger partial charge in [0.2, 0.25) is 0 Å². The minimum Gasteiger partial charge on any atom is -0.453 e. The minimum absolute atomic E-state index is 0.857. The van der Waals surface area contributed by atoms with Crippen LogP contribution in [0.3, 0.4) is 0 Å². The van der Waals surface area contributed by atoms with Crippen molar-refractivity contribution >= 4 is 67.8 Å². The van der Waals surface area contributed by atoms with E-state index in [0.717, 1.165) is 50.1 Å². The minimum atomic E-state index is -2.68. The van der Waals surface area contributed by atoms with Crippen LogP contribution in [0.4, 0.5) is 17.1 Å². The molecule has 1 heterocycles. The second-order valence-electron chi connectivity index (χ2n) is 14.4. The van der Waals surface area contributed by atoms with Crippen LogP contribution in [0.5, 0.6) is 0 Å². The molecule has 10 rings (SSSR count). The summed E-state index contributed by atoms with van der Waals surface area (Å²) >= 11 is 0. The number of hydrogen-bond donors (Lipinski definition) is 0. The third-order valence-electron chi connectivity index (χ3n) is 11.2. The smallest absolute Gasteiger partial charge is 0.179 e. The van der Waals surface area contributed by atoms with Crippen LogP contribution in [0, 0.1) is 0 Å². The van der Waals surface area contributed by atoms with Gasteiger partial charge in [-0.1, -0.05) is 206 Å². The molecule has 0 aliphatic carbocycles. The molecule has 3 heteroatoms. The van der Waals surface area contributed by atoms with Gasteiger partial charge >= 0.3 is 0 Å². The summed E-state index contributed by atoms with van der Waals surface area (Å²) < 4.78 is 7.02. The average molecular weight is 746 g/mol. The van der Waals surface area contributed by atoms with E-state index in [1.165, 1.54) is 31.9 Å². The van der Waals surface area contributed by atoms with E-state index in [9.17, 15) is 0 Å². The van der Waals surface area contributed by atoms with Crippen LogP contribution in [-0.2, 0) is 0 Å². The first-order valence-corrected chi connectivity index (χ1v) is 21.5. The standard InChI is InChI=1S/C54H39NOSi/c1-6-18-40(19-7-1)41-32-34-42(35-33-41)49-28-16-29-50-51-30-17-31-52(54(51)56-53(49)50)55(43-20-8-2-9-21-43)44-36-38-48(39-37-44)57(45-22-10-3-11-23-45,46-24-12-4-13-25-46)47-26-14-5-15-27-47/h1-39H. The quantitative estimate of drug-likeness (QED) is 0.108. The molecular weight excluding hydrogens is 707 g/mol. The molecule has 0 spiro atoms. The van der Waals surface area contributed by atoms with E-state index in [4.69, 9.17) is 4.42 Å². The highest BCUT2D eigenvalue weighted by atomic mass is 28.3. The number of anilines is 3. The Morgan fingerprint density at radius 1 is 0.298 bits per heavy atom. The zero-order chi connectivity index (χ0) is 38.0. The van der Waals surface area contributed by atoms with Crippen molar-refractivity contribution in [2.45, 2.75) is 0 Å². The number of nitrogens with zero attached hydrogens (tertiary/aromatic N) is 1. The molecule has 1 aromatic heterocycles. The summed E-state index contributed by atoms with van der Waals surface area (Å²) in [5.74, 6) is 0. The average Bonchev–Trinajstić information content (AvgIpc) is 3.69. The number of benzene rings is 9. The number of para-hydroxylation sites is 3. The Morgan fingerprint density at radius 3 is 1.28 bits per heavy atom. The first-order valence-electron chi connectivity index (χ1n) is 19.5. The molecular formula is C54H39NOSi. The van der Waals surface area contributed by atoms with Crippen molar-refractivity contribution < 1.29 is 4.42 Å². The van der Waals surface area contributed by atoms with E-state index in [1.54, 1.807) is 0 Å². The zero-order valence-corrected chi connectivity index (χ0v) is 32.4. The van der Waals surface area contributed by atoms with Crippen molar-refractivity contribution in [2.24, 2.45) is 0 Å². The summed E-state index contributed by atoms with van der Waals surface area (Å²) in [5.41, 5.74) is 9.46. The van der Waals surface area contributed by atoms with Crippen LogP contribution < -0.4 is 25.6 Å². The number of rotatable bonds is 9. The van der Waals surface area contributed by atoms with Crippen LogP contribution in [-0.4, -0.2) is 8.07 Å². The number of fused-ring (bicyclic) bond motifs is 3. The fraction of sp³-hybridized carbons (Fsp3) is 0. The molecule has 270 valence electrons. The van der Waals surface area contributed by atoms with Gasteiger partial charge < -0.3 is 9.32 Å². The molecule has 0 saturated carbocycles. The second kappa shape index (κ2) is 14.8. The molecule has 0 aliphatic rings. The molecule has 0 radical (unpaired) electrons. The van der Waals surface area contributed by atoms with Gasteiger partial charge in [-0.25, -0.2) is 0 Å². The largest absolute Gasteiger partial charge is 0.453 e. The first kappa shape index (κ1) is 34.3. The molecule has 0 aliphatic heterocycles. The van der Waals surface area contributed by atoms with Gasteiger partial charge in [0.25, 0.3) is 0 Å². The summed E-state index contributed by atoms with van der Waals surface area (Å²) in [7, 11) is -2.68. The molecule has 10 aromatic rings. The number of furan rings is 1. The first-order chi connectivity index (χ1) is 28.3. The van der Waals surface area contributed by atoms with Gasteiger partial charge in [-0.15, -0.1) is 0 Å². The van der Waals surface area contributed by atoms with Gasteiger partial charge in [-0.2, -0.15) is 0 Å². The summed E-state index contributed by atoms with van der Waals surface area (Å²) in [5, 5.41) is 7.58. The lowest BCUT2D eigenvalue weighted by Gasteiger charge is -2.35. The highest BCUT2D eigenvalue weighted by molar-refractivity contribution is 7.19. The Hall–Kier alpha value is -7.20. The van der Waals surface area contributed by atoms with E-state index >= 15 is 0 Å². The lowest BCUT2D eigenvalue weighted by Crippen LogP contribution is -2.74.